The van der Waals surface area contributed by atoms with E-state index in [0.717, 1.165) is 10.4 Å². The first-order chi connectivity index (χ1) is 15.7. The van der Waals surface area contributed by atoms with Gasteiger partial charge in [0.25, 0.3) is 0 Å². The molecule has 2 aromatic carbocycles. The number of urea groups is 1. The SMILES string of the molecule is CC(C)N(CC(=O)N(Cc1ccc(F)cc1)Cc1cccs1)C(=O)Nc1ccc(Cl)cc1Cl. The van der Waals surface area contributed by atoms with Gasteiger partial charge < -0.3 is 15.1 Å². The van der Waals surface area contributed by atoms with Crippen molar-refractivity contribution in [1.29, 1.82) is 0 Å². The summed E-state index contributed by atoms with van der Waals surface area (Å²) < 4.78 is 13.3. The molecular weight excluding hydrogens is 484 g/mol. The predicted octanol–water partition coefficient (Wildman–Crippen LogP) is 6.67. The zero-order valence-electron chi connectivity index (χ0n) is 18.2. The number of carbonyl (C=O) groups is 2. The molecule has 0 aliphatic carbocycles. The van der Waals surface area contributed by atoms with Crippen molar-refractivity contribution in [3.8, 4) is 0 Å². The minimum atomic E-state index is -0.444. The van der Waals surface area contributed by atoms with Crippen LogP contribution in [0.15, 0.2) is 60.0 Å². The molecule has 1 N–H and O–H groups in total. The molecule has 3 rings (SSSR count). The van der Waals surface area contributed by atoms with E-state index in [4.69, 9.17) is 23.2 Å². The minimum Gasteiger partial charge on any atom is -0.332 e. The van der Waals surface area contributed by atoms with Crippen LogP contribution in [-0.4, -0.2) is 34.3 Å². The molecule has 0 radical (unpaired) electrons. The largest absolute Gasteiger partial charge is 0.332 e. The highest BCUT2D eigenvalue weighted by molar-refractivity contribution is 7.09. The van der Waals surface area contributed by atoms with E-state index in [1.807, 2.05) is 31.4 Å². The monoisotopic (exact) mass is 507 g/mol. The molecule has 1 heterocycles. The van der Waals surface area contributed by atoms with Crippen LogP contribution in [0.25, 0.3) is 0 Å². The highest BCUT2D eigenvalue weighted by Gasteiger charge is 2.24. The van der Waals surface area contributed by atoms with Crippen LogP contribution in [0.4, 0.5) is 14.9 Å². The van der Waals surface area contributed by atoms with Gasteiger partial charge in [0.15, 0.2) is 0 Å². The third-order valence-electron chi connectivity index (χ3n) is 4.93. The van der Waals surface area contributed by atoms with Crippen LogP contribution in [0.3, 0.4) is 0 Å². The summed E-state index contributed by atoms with van der Waals surface area (Å²) in [5, 5.41) is 5.46. The van der Waals surface area contributed by atoms with E-state index in [0.29, 0.717) is 28.8 Å². The second-order valence-electron chi connectivity index (χ2n) is 7.73. The summed E-state index contributed by atoms with van der Waals surface area (Å²) in [6, 6.07) is 14.0. The Balaban J connectivity index is 1.76. The van der Waals surface area contributed by atoms with Gasteiger partial charge in [-0.3, -0.25) is 4.79 Å². The van der Waals surface area contributed by atoms with Gasteiger partial charge in [-0.2, -0.15) is 0 Å². The van der Waals surface area contributed by atoms with Gasteiger partial charge in [-0.15, -0.1) is 11.3 Å². The number of carbonyl (C=O) groups excluding carboxylic acids is 2. The van der Waals surface area contributed by atoms with Gasteiger partial charge in [0.05, 0.1) is 17.3 Å². The highest BCUT2D eigenvalue weighted by Crippen LogP contribution is 2.26. The van der Waals surface area contributed by atoms with Crippen LogP contribution in [0.5, 0.6) is 0 Å². The van der Waals surface area contributed by atoms with E-state index in [9.17, 15) is 14.0 Å². The number of hydrogen-bond donors (Lipinski definition) is 1. The second kappa shape index (κ2) is 11.5. The maximum absolute atomic E-state index is 13.3. The number of hydrogen-bond acceptors (Lipinski definition) is 3. The van der Waals surface area contributed by atoms with E-state index in [-0.39, 0.29) is 24.3 Å². The smallest absolute Gasteiger partial charge is 0.322 e. The van der Waals surface area contributed by atoms with Crippen LogP contribution in [0, 0.1) is 5.82 Å². The lowest BCUT2D eigenvalue weighted by Crippen LogP contribution is -2.47. The molecular formula is C24H24Cl2FN3O2S. The number of amides is 3. The molecule has 1 aromatic heterocycles. The normalized spacial score (nSPS) is 10.8. The maximum atomic E-state index is 13.3. The molecule has 0 aliphatic rings. The highest BCUT2D eigenvalue weighted by atomic mass is 35.5. The third kappa shape index (κ3) is 7.19. The Morgan fingerprint density at radius 2 is 1.79 bits per heavy atom. The topological polar surface area (TPSA) is 52.7 Å². The Labute approximate surface area is 206 Å². The van der Waals surface area contributed by atoms with Gasteiger partial charge in [-0.05, 0) is 61.2 Å². The average molecular weight is 508 g/mol. The summed E-state index contributed by atoms with van der Waals surface area (Å²) in [5.74, 6) is -0.558. The fourth-order valence-electron chi connectivity index (χ4n) is 3.15. The summed E-state index contributed by atoms with van der Waals surface area (Å²) >= 11 is 13.6. The molecule has 0 aliphatic heterocycles. The van der Waals surface area contributed by atoms with Gasteiger partial charge in [-0.25, -0.2) is 9.18 Å². The van der Waals surface area contributed by atoms with Crippen molar-refractivity contribution >= 4 is 52.2 Å². The molecule has 33 heavy (non-hydrogen) atoms. The predicted molar refractivity (Wildman–Crippen MR) is 132 cm³/mol. The van der Waals surface area contributed by atoms with Crippen molar-refractivity contribution in [3.05, 3.63) is 86.3 Å². The van der Waals surface area contributed by atoms with Crippen molar-refractivity contribution in [2.24, 2.45) is 0 Å². The lowest BCUT2D eigenvalue weighted by Gasteiger charge is -2.30. The Morgan fingerprint density at radius 3 is 2.39 bits per heavy atom. The standard InChI is InChI=1S/C24H24Cl2FN3O2S/c1-16(2)30(24(32)28-22-10-7-18(25)12-21(22)26)15-23(31)29(14-20-4-3-11-33-20)13-17-5-8-19(27)9-6-17/h3-12,16H,13-15H2,1-2H3,(H,28,32). The first-order valence-corrected chi connectivity index (χ1v) is 11.9. The van der Waals surface area contributed by atoms with E-state index in [1.165, 1.54) is 23.1 Å². The average Bonchev–Trinajstić information content (AvgIpc) is 3.27. The van der Waals surface area contributed by atoms with Crippen molar-refractivity contribution in [1.82, 2.24) is 9.80 Å². The van der Waals surface area contributed by atoms with E-state index in [1.54, 1.807) is 40.5 Å². The first-order valence-electron chi connectivity index (χ1n) is 10.3. The molecule has 0 spiro atoms. The van der Waals surface area contributed by atoms with E-state index >= 15 is 0 Å². The number of nitrogens with one attached hydrogen (secondary N) is 1. The number of anilines is 1. The molecule has 5 nitrogen and oxygen atoms in total. The molecule has 3 aromatic rings. The first kappa shape index (κ1) is 25.0. The lowest BCUT2D eigenvalue weighted by molar-refractivity contribution is -0.133. The number of halogens is 3. The second-order valence-corrected chi connectivity index (χ2v) is 9.61. The molecule has 0 fully saturated rings. The summed E-state index contributed by atoms with van der Waals surface area (Å²) in [6.07, 6.45) is 0. The van der Waals surface area contributed by atoms with E-state index in [2.05, 4.69) is 5.32 Å². The molecule has 3 amide bonds. The summed E-state index contributed by atoms with van der Waals surface area (Å²) in [4.78, 5) is 30.4. The van der Waals surface area contributed by atoms with Gasteiger partial charge in [0.1, 0.15) is 12.4 Å². The van der Waals surface area contributed by atoms with Gasteiger partial charge in [-0.1, -0.05) is 41.4 Å². The van der Waals surface area contributed by atoms with Crippen LogP contribution in [-0.2, 0) is 17.9 Å². The molecule has 9 heteroatoms. The Hall–Kier alpha value is -2.61. The fraction of sp³-hybridized carbons (Fsp3) is 0.250. The Kier molecular flexibility index (Phi) is 8.72. The summed E-state index contributed by atoms with van der Waals surface area (Å²) in [7, 11) is 0. The molecule has 0 bridgehead atoms. The number of rotatable bonds is 8. The van der Waals surface area contributed by atoms with Crippen LogP contribution < -0.4 is 5.32 Å². The van der Waals surface area contributed by atoms with E-state index < -0.39 is 6.03 Å². The number of benzene rings is 2. The molecule has 0 atom stereocenters. The Morgan fingerprint density at radius 1 is 1.06 bits per heavy atom. The third-order valence-corrected chi connectivity index (χ3v) is 6.34. The van der Waals surface area contributed by atoms with Crippen molar-refractivity contribution in [2.75, 3.05) is 11.9 Å². The Bertz CT molecular complexity index is 1090. The van der Waals surface area contributed by atoms with Crippen LogP contribution in [0.1, 0.15) is 24.3 Å². The van der Waals surface area contributed by atoms with Gasteiger partial charge in [0.2, 0.25) is 5.91 Å². The lowest BCUT2D eigenvalue weighted by atomic mass is 10.2. The van der Waals surface area contributed by atoms with Crippen molar-refractivity contribution in [2.45, 2.75) is 33.0 Å². The van der Waals surface area contributed by atoms with Crippen LogP contribution in [0.2, 0.25) is 10.0 Å². The zero-order chi connectivity index (χ0) is 24.0. The molecule has 0 unspecified atom stereocenters. The zero-order valence-corrected chi connectivity index (χ0v) is 20.6. The molecule has 0 saturated heterocycles. The molecule has 174 valence electrons. The summed E-state index contributed by atoms with van der Waals surface area (Å²) in [6.45, 7) is 4.24. The maximum Gasteiger partial charge on any atom is 0.322 e. The quantitative estimate of drug-likeness (QED) is 0.370. The summed E-state index contributed by atoms with van der Waals surface area (Å²) in [5.41, 5.74) is 1.21. The van der Waals surface area contributed by atoms with Crippen molar-refractivity contribution < 1.29 is 14.0 Å². The fourth-order valence-corrected chi connectivity index (χ4v) is 4.32. The molecule has 0 saturated carbocycles. The van der Waals surface area contributed by atoms with Crippen LogP contribution >= 0.6 is 34.5 Å². The van der Waals surface area contributed by atoms with Crippen molar-refractivity contribution in [3.63, 3.8) is 0 Å². The minimum absolute atomic E-state index is 0.124. The number of nitrogens with zero attached hydrogens (tertiary/aromatic N) is 2. The van der Waals surface area contributed by atoms with Gasteiger partial charge >= 0.3 is 6.03 Å². The number of thiophene rings is 1. The van der Waals surface area contributed by atoms with Gasteiger partial charge in [0, 0.05) is 22.5 Å².